The van der Waals surface area contributed by atoms with E-state index in [0.29, 0.717) is 13.1 Å². The normalized spacial score (nSPS) is 16.4. The number of carbonyl (C=O) groups is 2. The lowest BCUT2D eigenvalue weighted by atomic mass is 9.93. The number of piperidine rings is 1. The number of hydrogen-bond donors (Lipinski definition) is 1. The zero-order valence-electron chi connectivity index (χ0n) is 14.9. The van der Waals surface area contributed by atoms with Gasteiger partial charge < -0.3 is 10.2 Å². The van der Waals surface area contributed by atoms with Gasteiger partial charge in [-0.2, -0.15) is 0 Å². The summed E-state index contributed by atoms with van der Waals surface area (Å²) >= 11 is 0. The average Bonchev–Trinajstić information content (AvgIpc) is 2.60. The molecule has 2 amide bonds. The summed E-state index contributed by atoms with van der Waals surface area (Å²) in [5, 5.41) is 3.11. The van der Waals surface area contributed by atoms with Crippen molar-refractivity contribution in [3.63, 3.8) is 0 Å². The van der Waals surface area contributed by atoms with Gasteiger partial charge in [-0.25, -0.2) is 0 Å². The Balaban J connectivity index is 1.83. The summed E-state index contributed by atoms with van der Waals surface area (Å²) in [5.74, 6) is 0.151. The van der Waals surface area contributed by atoms with Gasteiger partial charge in [0, 0.05) is 30.6 Å². The van der Waals surface area contributed by atoms with Gasteiger partial charge >= 0.3 is 0 Å². The molecule has 1 heterocycles. The SMILES string of the molecule is CCC(C)(C)NC(=O)C1CCN(C(=O)/C=C/c2ccccc2)CC1. The molecule has 24 heavy (non-hydrogen) atoms. The van der Waals surface area contributed by atoms with E-state index in [-0.39, 0.29) is 23.3 Å². The summed E-state index contributed by atoms with van der Waals surface area (Å²) in [5.41, 5.74) is 0.851. The molecule has 0 unspecified atom stereocenters. The van der Waals surface area contributed by atoms with Crippen molar-refractivity contribution in [1.29, 1.82) is 0 Å². The first-order valence-corrected chi connectivity index (χ1v) is 8.75. The Morgan fingerprint density at radius 2 is 1.83 bits per heavy atom. The lowest BCUT2D eigenvalue weighted by Gasteiger charge is -2.33. The average molecular weight is 328 g/mol. The third kappa shape index (κ3) is 5.22. The van der Waals surface area contributed by atoms with E-state index in [1.807, 2.05) is 55.2 Å². The lowest BCUT2D eigenvalue weighted by molar-refractivity contribution is -0.133. The number of nitrogens with zero attached hydrogens (tertiary/aromatic N) is 1. The van der Waals surface area contributed by atoms with Crippen LogP contribution in [0.1, 0.15) is 45.6 Å². The quantitative estimate of drug-likeness (QED) is 0.844. The Kier molecular flexibility index (Phi) is 6.18. The standard InChI is InChI=1S/C20H28N2O2/c1-4-20(2,3)21-19(24)17-12-14-22(15-13-17)18(23)11-10-16-8-6-5-7-9-16/h5-11,17H,4,12-15H2,1-3H3,(H,21,24)/b11-10+. The van der Waals surface area contributed by atoms with Crippen molar-refractivity contribution < 1.29 is 9.59 Å². The number of rotatable bonds is 5. The number of benzene rings is 1. The molecule has 1 aliphatic rings. The first-order valence-electron chi connectivity index (χ1n) is 8.75. The van der Waals surface area contributed by atoms with Crippen LogP contribution >= 0.6 is 0 Å². The minimum Gasteiger partial charge on any atom is -0.351 e. The van der Waals surface area contributed by atoms with Crippen LogP contribution in [0.3, 0.4) is 0 Å². The summed E-state index contributed by atoms with van der Waals surface area (Å²) < 4.78 is 0. The molecule has 1 aliphatic heterocycles. The molecular formula is C20H28N2O2. The summed E-state index contributed by atoms with van der Waals surface area (Å²) in [7, 11) is 0. The van der Waals surface area contributed by atoms with Crippen LogP contribution in [0.4, 0.5) is 0 Å². The van der Waals surface area contributed by atoms with E-state index in [1.165, 1.54) is 0 Å². The zero-order valence-corrected chi connectivity index (χ0v) is 14.9. The molecule has 1 N–H and O–H groups in total. The third-order valence-corrected chi connectivity index (χ3v) is 4.74. The number of nitrogens with one attached hydrogen (secondary N) is 1. The lowest BCUT2D eigenvalue weighted by Crippen LogP contribution is -2.48. The van der Waals surface area contributed by atoms with Gasteiger partial charge in [-0.1, -0.05) is 37.3 Å². The van der Waals surface area contributed by atoms with E-state index in [4.69, 9.17) is 0 Å². The van der Waals surface area contributed by atoms with Gasteiger partial charge in [-0.3, -0.25) is 9.59 Å². The molecule has 0 aliphatic carbocycles. The van der Waals surface area contributed by atoms with Gasteiger partial charge in [0.25, 0.3) is 0 Å². The van der Waals surface area contributed by atoms with E-state index in [0.717, 1.165) is 24.8 Å². The van der Waals surface area contributed by atoms with Gasteiger partial charge in [-0.05, 0) is 44.7 Å². The van der Waals surface area contributed by atoms with Crippen LogP contribution in [0, 0.1) is 5.92 Å². The molecule has 1 aromatic carbocycles. The molecule has 1 saturated heterocycles. The molecule has 0 bridgehead atoms. The van der Waals surface area contributed by atoms with Crippen molar-refractivity contribution in [2.45, 2.75) is 45.6 Å². The van der Waals surface area contributed by atoms with Crippen molar-refractivity contribution in [3.05, 3.63) is 42.0 Å². The van der Waals surface area contributed by atoms with Crippen LogP contribution in [0.5, 0.6) is 0 Å². The van der Waals surface area contributed by atoms with E-state index in [1.54, 1.807) is 6.08 Å². The Morgan fingerprint density at radius 3 is 2.42 bits per heavy atom. The highest BCUT2D eigenvalue weighted by molar-refractivity contribution is 5.92. The van der Waals surface area contributed by atoms with Crippen molar-refractivity contribution in [2.24, 2.45) is 5.92 Å². The van der Waals surface area contributed by atoms with Crippen LogP contribution in [-0.2, 0) is 9.59 Å². The monoisotopic (exact) mass is 328 g/mol. The molecule has 0 aromatic heterocycles. The molecule has 1 aromatic rings. The Bertz CT molecular complexity index is 585. The fraction of sp³-hybridized carbons (Fsp3) is 0.500. The fourth-order valence-corrected chi connectivity index (χ4v) is 2.72. The predicted octanol–water partition coefficient (Wildman–Crippen LogP) is 3.24. The summed E-state index contributed by atoms with van der Waals surface area (Å²) in [4.78, 5) is 26.4. The van der Waals surface area contributed by atoms with Crippen molar-refractivity contribution >= 4 is 17.9 Å². The van der Waals surface area contributed by atoms with Gasteiger partial charge in [0.05, 0.1) is 0 Å². The van der Waals surface area contributed by atoms with E-state index >= 15 is 0 Å². The predicted molar refractivity (Wildman–Crippen MR) is 97.3 cm³/mol. The van der Waals surface area contributed by atoms with Crippen molar-refractivity contribution in [2.75, 3.05) is 13.1 Å². The van der Waals surface area contributed by atoms with Gasteiger partial charge in [0.1, 0.15) is 0 Å². The first-order chi connectivity index (χ1) is 11.4. The van der Waals surface area contributed by atoms with Crippen molar-refractivity contribution in [3.8, 4) is 0 Å². The number of hydrogen-bond acceptors (Lipinski definition) is 2. The van der Waals surface area contributed by atoms with Crippen molar-refractivity contribution in [1.82, 2.24) is 10.2 Å². The van der Waals surface area contributed by atoms with Gasteiger partial charge in [0.15, 0.2) is 0 Å². The van der Waals surface area contributed by atoms with Gasteiger partial charge in [-0.15, -0.1) is 0 Å². The number of carbonyl (C=O) groups excluding carboxylic acids is 2. The number of amides is 2. The van der Waals surface area contributed by atoms with Crippen LogP contribution in [0.15, 0.2) is 36.4 Å². The van der Waals surface area contributed by atoms with Crippen LogP contribution in [-0.4, -0.2) is 35.3 Å². The highest BCUT2D eigenvalue weighted by Crippen LogP contribution is 2.19. The smallest absolute Gasteiger partial charge is 0.246 e. The number of likely N-dealkylation sites (tertiary alicyclic amines) is 1. The maximum absolute atomic E-state index is 12.3. The van der Waals surface area contributed by atoms with E-state index < -0.39 is 0 Å². The maximum Gasteiger partial charge on any atom is 0.246 e. The molecule has 1 fully saturated rings. The molecule has 0 radical (unpaired) electrons. The summed E-state index contributed by atoms with van der Waals surface area (Å²) in [6.45, 7) is 7.43. The zero-order chi connectivity index (χ0) is 17.6. The molecule has 4 heteroatoms. The van der Waals surface area contributed by atoms with Gasteiger partial charge in [0.2, 0.25) is 11.8 Å². The highest BCUT2D eigenvalue weighted by Gasteiger charge is 2.29. The van der Waals surface area contributed by atoms with E-state index in [2.05, 4.69) is 12.2 Å². The fourth-order valence-electron chi connectivity index (χ4n) is 2.72. The maximum atomic E-state index is 12.3. The second kappa shape index (κ2) is 8.13. The Labute approximate surface area is 144 Å². The second-order valence-corrected chi connectivity index (χ2v) is 7.07. The first kappa shape index (κ1) is 18.2. The second-order valence-electron chi connectivity index (χ2n) is 7.07. The third-order valence-electron chi connectivity index (χ3n) is 4.74. The minimum atomic E-state index is -0.164. The molecule has 0 spiro atoms. The Morgan fingerprint density at radius 1 is 1.21 bits per heavy atom. The molecule has 0 saturated carbocycles. The molecule has 130 valence electrons. The largest absolute Gasteiger partial charge is 0.351 e. The summed E-state index contributed by atoms with van der Waals surface area (Å²) in [6, 6.07) is 9.79. The van der Waals surface area contributed by atoms with Crippen LogP contribution in [0.25, 0.3) is 6.08 Å². The highest BCUT2D eigenvalue weighted by atomic mass is 16.2. The minimum absolute atomic E-state index is 0.0120. The molecule has 2 rings (SSSR count). The summed E-state index contributed by atoms with van der Waals surface area (Å²) in [6.07, 6.45) is 5.83. The molecule has 0 atom stereocenters. The molecular weight excluding hydrogens is 300 g/mol. The molecule has 4 nitrogen and oxygen atoms in total. The van der Waals surface area contributed by atoms with Crippen LogP contribution in [0.2, 0.25) is 0 Å². The van der Waals surface area contributed by atoms with Crippen LogP contribution < -0.4 is 5.32 Å². The Hall–Kier alpha value is -2.10. The van der Waals surface area contributed by atoms with E-state index in [9.17, 15) is 9.59 Å². The topological polar surface area (TPSA) is 49.4 Å².